The first-order valence-electron chi connectivity index (χ1n) is 11.3. The molecule has 7 heteroatoms. The predicted octanol–water partition coefficient (Wildman–Crippen LogP) is 5.80. The third-order valence-electron chi connectivity index (χ3n) is 5.96. The van der Waals surface area contributed by atoms with Gasteiger partial charge in [-0.3, -0.25) is 4.79 Å². The van der Waals surface area contributed by atoms with E-state index in [4.69, 9.17) is 26.2 Å². The minimum absolute atomic E-state index is 0.206. The lowest BCUT2D eigenvalue weighted by molar-refractivity contribution is 0.0946. The Morgan fingerprint density at radius 3 is 2.34 bits per heavy atom. The topological polar surface area (TPSA) is 65.4 Å². The number of aromatic nitrogens is 2. The van der Waals surface area contributed by atoms with Crippen molar-refractivity contribution in [3.8, 4) is 28.4 Å². The van der Waals surface area contributed by atoms with E-state index in [1.54, 1.807) is 31.0 Å². The molecular weight excluding hydrogens is 462 g/mol. The van der Waals surface area contributed by atoms with Gasteiger partial charge >= 0.3 is 0 Å². The Hall–Kier alpha value is -3.77. The molecule has 0 radical (unpaired) electrons. The Bertz CT molecular complexity index is 1350. The van der Waals surface area contributed by atoms with Crippen molar-refractivity contribution >= 4 is 17.5 Å². The number of carbonyl (C=O) groups excluding carboxylic acids is 1. The highest BCUT2D eigenvalue weighted by Crippen LogP contribution is 2.28. The van der Waals surface area contributed by atoms with Gasteiger partial charge < -0.3 is 14.8 Å². The van der Waals surface area contributed by atoms with Crippen LogP contribution in [0.4, 0.5) is 0 Å². The number of nitrogens with zero attached hydrogens (tertiary/aromatic N) is 2. The summed E-state index contributed by atoms with van der Waals surface area (Å²) in [6.45, 7) is 4.60. The number of carbonyl (C=O) groups is 1. The molecule has 6 nitrogen and oxygen atoms in total. The van der Waals surface area contributed by atoms with E-state index in [0.717, 1.165) is 22.5 Å². The van der Waals surface area contributed by atoms with Crippen LogP contribution in [0.5, 0.6) is 11.5 Å². The molecule has 0 spiro atoms. The lowest BCUT2D eigenvalue weighted by atomic mass is 10.0. The van der Waals surface area contributed by atoms with Crippen LogP contribution in [0, 0.1) is 13.8 Å². The van der Waals surface area contributed by atoms with Crippen LogP contribution in [0.25, 0.3) is 16.9 Å². The number of amides is 1. The van der Waals surface area contributed by atoms with Crippen molar-refractivity contribution in [2.45, 2.75) is 20.3 Å². The molecule has 35 heavy (non-hydrogen) atoms. The Labute approximate surface area is 210 Å². The first-order valence-corrected chi connectivity index (χ1v) is 11.7. The van der Waals surface area contributed by atoms with Gasteiger partial charge in [0.15, 0.2) is 11.5 Å². The van der Waals surface area contributed by atoms with Gasteiger partial charge in [-0.15, -0.1) is 0 Å². The zero-order chi connectivity index (χ0) is 24.9. The first kappa shape index (κ1) is 24.4. The van der Waals surface area contributed by atoms with Gasteiger partial charge in [-0.05, 0) is 85.5 Å². The molecule has 1 heterocycles. The SMILES string of the molecule is COc1ccc(CCNC(=O)c2cc(-c3ccc(C)c(C)c3)nn2-c2ccc(Cl)cc2)cc1OC. The average Bonchev–Trinajstić information content (AvgIpc) is 3.31. The maximum Gasteiger partial charge on any atom is 0.270 e. The summed E-state index contributed by atoms with van der Waals surface area (Å²) in [5.74, 6) is 1.13. The second kappa shape index (κ2) is 10.7. The molecular formula is C28H28ClN3O3. The first-order chi connectivity index (χ1) is 16.9. The van der Waals surface area contributed by atoms with Gasteiger partial charge in [0.25, 0.3) is 5.91 Å². The van der Waals surface area contributed by atoms with Crippen LogP contribution in [0.15, 0.2) is 66.7 Å². The molecule has 0 atom stereocenters. The number of methoxy groups -OCH3 is 2. The van der Waals surface area contributed by atoms with Crippen LogP contribution in [-0.2, 0) is 6.42 Å². The maximum atomic E-state index is 13.2. The van der Waals surface area contributed by atoms with Crippen molar-refractivity contribution in [1.29, 1.82) is 0 Å². The van der Waals surface area contributed by atoms with Crippen molar-refractivity contribution in [3.63, 3.8) is 0 Å². The van der Waals surface area contributed by atoms with E-state index in [2.05, 4.69) is 31.3 Å². The van der Waals surface area contributed by atoms with Crippen LogP contribution in [0.2, 0.25) is 5.02 Å². The molecule has 1 aromatic heterocycles. The molecule has 3 aromatic carbocycles. The summed E-state index contributed by atoms with van der Waals surface area (Å²) < 4.78 is 12.3. The zero-order valence-corrected chi connectivity index (χ0v) is 21.0. The van der Waals surface area contributed by atoms with E-state index in [0.29, 0.717) is 35.2 Å². The third kappa shape index (κ3) is 5.49. The standard InChI is InChI=1S/C28H28ClN3O3/c1-18-5-7-21(15-19(18)2)24-17-25(32(31-24)23-10-8-22(29)9-11-23)28(33)30-14-13-20-6-12-26(34-3)27(16-20)35-4/h5-12,15-17H,13-14H2,1-4H3,(H,30,33). The fourth-order valence-corrected chi connectivity index (χ4v) is 3.94. The van der Waals surface area contributed by atoms with Crippen molar-refractivity contribution < 1.29 is 14.3 Å². The van der Waals surface area contributed by atoms with E-state index in [-0.39, 0.29) is 5.91 Å². The highest BCUT2D eigenvalue weighted by atomic mass is 35.5. The summed E-state index contributed by atoms with van der Waals surface area (Å²) in [6, 6.07) is 21.0. The molecule has 0 aliphatic carbocycles. The lowest BCUT2D eigenvalue weighted by Gasteiger charge is -2.11. The van der Waals surface area contributed by atoms with Gasteiger partial charge in [-0.2, -0.15) is 5.10 Å². The predicted molar refractivity (Wildman–Crippen MR) is 139 cm³/mol. The number of rotatable bonds is 8. The van der Waals surface area contributed by atoms with Crippen LogP contribution in [-0.4, -0.2) is 36.5 Å². The number of ether oxygens (including phenoxy) is 2. The largest absolute Gasteiger partial charge is 0.493 e. The van der Waals surface area contributed by atoms with Crippen molar-refractivity contribution in [1.82, 2.24) is 15.1 Å². The Balaban J connectivity index is 1.58. The molecule has 0 aliphatic rings. The maximum absolute atomic E-state index is 13.2. The van der Waals surface area contributed by atoms with Gasteiger partial charge in [-0.25, -0.2) is 4.68 Å². The molecule has 0 bridgehead atoms. The molecule has 0 aliphatic heterocycles. The van der Waals surface area contributed by atoms with Gasteiger partial charge in [0.2, 0.25) is 0 Å². The van der Waals surface area contributed by atoms with E-state index in [1.807, 2.05) is 42.5 Å². The number of halogens is 1. The molecule has 0 saturated heterocycles. The molecule has 4 aromatic rings. The molecule has 4 rings (SSSR count). The van der Waals surface area contributed by atoms with E-state index in [9.17, 15) is 4.79 Å². The lowest BCUT2D eigenvalue weighted by Crippen LogP contribution is -2.27. The summed E-state index contributed by atoms with van der Waals surface area (Å²) in [5.41, 5.74) is 6.31. The molecule has 0 saturated carbocycles. The second-order valence-corrected chi connectivity index (χ2v) is 8.73. The average molecular weight is 490 g/mol. The van der Waals surface area contributed by atoms with Crippen LogP contribution in [0.3, 0.4) is 0 Å². The minimum atomic E-state index is -0.206. The Kier molecular flexibility index (Phi) is 7.42. The van der Waals surface area contributed by atoms with Gasteiger partial charge in [-0.1, -0.05) is 29.8 Å². The summed E-state index contributed by atoms with van der Waals surface area (Å²) in [7, 11) is 3.21. The van der Waals surface area contributed by atoms with Crippen molar-refractivity contribution in [2.24, 2.45) is 0 Å². The highest BCUT2D eigenvalue weighted by Gasteiger charge is 2.18. The van der Waals surface area contributed by atoms with Gasteiger partial charge in [0, 0.05) is 17.1 Å². The zero-order valence-electron chi connectivity index (χ0n) is 20.3. The van der Waals surface area contributed by atoms with Gasteiger partial charge in [0.05, 0.1) is 25.6 Å². The summed E-state index contributed by atoms with van der Waals surface area (Å²) in [5, 5.41) is 8.41. The van der Waals surface area contributed by atoms with Crippen molar-refractivity contribution in [3.05, 3.63) is 94.1 Å². The monoisotopic (exact) mass is 489 g/mol. The molecule has 1 amide bonds. The number of hydrogen-bond donors (Lipinski definition) is 1. The summed E-state index contributed by atoms with van der Waals surface area (Å²) >= 11 is 6.08. The van der Waals surface area contributed by atoms with E-state index < -0.39 is 0 Å². The number of hydrogen-bond acceptors (Lipinski definition) is 4. The Morgan fingerprint density at radius 2 is 1.66 bits per heavy atom. The number of benzene rings is 3. The van der Waals surface area contributed by atoms with Crippen molar-refractivity contribution in [2.75, 3.05) is 20.8 Å². The normalized spacial score (nSPS) is 10.8. The quantitative estimate of drug-likeness (QED) is 0.340. The number of nitrogens with one attached hydrogen (secondary N) is 1. The molecule has 0 unspecified atom stereocenters. The minimum Gasteiger partial charge on any atom is -0.493 e. The fourth-order valence-electron chi connectivity index (χ4n) is 3.81. The molecule has 0 fully saturated rings. The smallest absolute Gasteiger partial charge is 0.270 e. The Morgan fingerprint density at radius 1 is 0.914 bits per heavy atom. The second-order valence-electron chi connectivity index (χ2n) is 8.30. The van der Waals surface area contributed by atoms with Crippen LogP contribution < -0.4 is 14.8 Å². The van der Waals surface area contributed by atoms with Crippen LogP contribution in [0.1, 0.15) is 27.2 Å². The highest BCUT2D eigenvalue weighted by molar-refractivity contribution is 6.30. The van der Waals surface area contributed by atoms with E-state index >= 15 is 0 Å². The van der Waals surface area contributed by atoms with E-state index in [1.165, 1.54) is 11.1 Å². The summed E-state index contributed by atoms with van der Waals surface area (Å²) in [4.78, 5) is 13.2. The third-order valence-corrected chi connectivity index (χ3v) is 6.22. The molecule has 1 N–H and O–H groups in total. The van der Waals surface area contributed by atoms with Crippen LogP contribution >= 0.6 is 11.6 Å². The van der Waals surface area contributed by atoms with Gasteiger partial charge in [0.1, 0.15) is 5.69 Å². The fraction of sp³-hybridized carbons (Fsp3) is 0.214. The summed E-state index contributed by atoms with van der Waals surface area (Å²) in [6.07, 6.45) is 0.644. The molecule has 180 valence electrons. The number of aryl methyl sites for hydroxylation is 2.